The smallest absolute Gasteiger partial charge is 0.276 e. The van der Waals surface area contributed by atoms with Crippen LogP contribution in [0, 0.1) is 12.7 Å². The lowest BCUT2D eigenvalue weighted by molar-refractivity contribution is 0.0953. The highest BCUT2D eigenvalue weighted by molar-refractivity contribution is 6.02. The van der Waals surface area contributed by atoms with Crippen LogP contribution in [0.1, 0.15) is 26.4 Å². The zero-order valence-corrected chi connectivity index (χ0v) is 15.8. The van der Waals surface area contributed by atoms with Crippen molar-refractivity contribution in [2.75, 3.05) is 23.7 Å². The van der Waals surface area contributed by atoms with Crippen LogP contribution in [0.2, 0.25) is 0 Å². The minimum absolute atomic E-state index is 0.189. The lowest BCUT2D eigenvalue weighted by atomic mass is 10.1. The molecule has 0 fully saturated rings. The first kappa shape index (κ1) is 19.9. The molecule has 3 rings (SSSR count). The molecule has 0 aliphatic rings. The molecular weight excluding hydrogens is 373 g/mol. The van der Waals surface area contributed by atoms with Gasteiger partial charge in [-0.3, -0.25) is 9.59 Å². The van der Waals surface area contributed by atoms with Crippen molar-refractivity contribution in [3.05, 3.63) is 83.3 Å². The summed E-state index contributed by atoms with van der Waals surface area (Å²) in [7, 11) is 0. The zero-order valence-electron chi connectivity index (χ0n) is 15.8. The zero-order chi connectivity index (χ0) is 20.6. The Morgan fingerprint density at radius 2 is 1.72 bits per heavy atom. The fraction of sp³-hybridized carbons (Fsp3) is 0.143. The van der Waals surface area contributed by atoms with Crippen LogP contribution in [0.4, 0.5) is 15.9 Å². The summed E-state index contributed by atoms with van der Waals surface area (Å²) in [6.45, 7) is 2.34. The number of hydrogen-bond acceptors (Lipinski definition) is 5. The summed E-state index contributed by atoms with van der Waals surface area (Å²) in [5, 5.41) is 16.3. The maximum absolute atomic E-state index is 13.5. The van der Waals surface area contributed by atoms with E-state index in [1.54, 1.807) is 43.3 Å². The number of amides is 2. The van der Waals surface area contributed by atoms with E-state index >= 15 is 0 Å². The standard InChI is InChI=1S/C21H20FN5O2/c1-14-7-8-15(13-17(14)22)20(28)24-12-11-23-19-10-9-18(26-27-19)21(29)25-16-5-3-2-4-6-16/h2-10,13H,11-12H2,1H3,(H,23,27)(H,24,28)(H,25,29). The van der Waals surface area contributed by atoms with Gasteiger partial charge in [-0.05, 0) is 48.9 Å². The molecule has 3 aromatic rings. The molecule has 0 aliphatic carbocycles. The van der Waals surface area contributed by atoms with Crippen molar-refractivity contribution in [3.63, 3.8) is 0 Å². The van der Waals surface area contributed by atoms with E-state index in [1.807, 2.05) is 18.2 Å². The van der Waals surface area contributed by atoms with Gasteiger partial charge in [-0.15, -0.1) is 10.2 Å². The Morgan fingerprint density at radius 3 is 2.41 bits per heavy atom. The number of aryl methyl sites for hydroxylation is 1. The van der Waals surface area contributed by atoms with Crippen molar-refractivity contribution in [1.82, 2.24) is 15.5 Å². The van der Waals surface area contributed by atoms with Crippen molar-refractivity contribution in [1.29, 1.82) is 0 Å². The first-order valence-electron chi connectivity index (χ1n) is 9.01. The number of aromatic nitrogens is 2. The molecule has 0 unspecified atom stereocenters. The molecule has 7 nitrogen and oxygen atoms in total. The molecule has 2 aromatic carbocycles. The average molecular weight is 393 g/mol. The number of halogens is 1. The Kier molecular flexibility index (Phi) is 6.47. The number of rotatable bonds is 7. The molecule has 148 valence electrons. The number of carbonyl (C=O) groups excluding carboxylic acids is 2. The molecule has 1 heterocycles. The van der Waals surface area contributed by atoms with Gasteiger partial charge in [-0.25, -0.2) is 4.39 Å². The molecule has 0 atom stereocenters. The van der Waals surface area contributed by atoms with Gasteiger partial charge >= 0.3 is 0 Å². The number of nitrogens with one attached hydrogen (secondary N) is 3. The molecule has 0 saturated heterocycles. The first-order chi connectivity index (χ1) is 14.0. The van der Waals surface area contributed by atoms with Crippen molar-refractivity contribution >= 4 is 23.3 Å². The van der Waals surface area contributed by atoms with Crippen LogP contribution in [-0.2, 0) is 0 Å². The third kappa shape index (κ3) is 5.58. The highest BCUT2D eigenvalue weighted by Gasteiger charge is 2.09. The molecule has 1 aromatic heterocycles. The van der Waals surface area contributed by atoms with Crippen molar-refractivity contribution in [3.8, 4) is 0 Å². The average Bonchev–Trinajstić information content (AvgIpc) is 2.74. The van der Waals surface area contributed by atoms with Crippen LogP contribution >= 0.6 is 0 Å². The predicted molar refractivity (Wildman–Crippen MR) is 108 cm³/mol. The normalized spacial score (nSPS) is 10.3. The second-order valence-corrected chi connectivity index (χ2v) is 6.27. The molecule has 8 heteroatoms. The van der Waals surface area contributed by atoms with E-state index in [-0.39, 0.29) is 23.1 Å². The Hall–Kier alpha value is -3.81. The van der Waals surface area contributed by atoms with E-state index in [0.29, 0.717) is 30.2 Å². The molecule has 29 heavy (non-hydrogen) atoms. The molecule has 0 radical (unpaired) electrons. The van der Waals surface area contributed by atoms with Gasteiger partial charge in [0, 0.05) is 24.3 Å². The molecule has 2 amide bonds. The maximum atomic E-state index is 13.5. The second-order valence-electron chi connectivity index (χ2n) is 6.27. The summed E-state index contributed by atoms with van der Waals surface area (Å²) in [4.78, 5) is 24.1. The second kappa shape index (κ2) is 9.41. The van der Waals surface area contributed by atoms with E-state index in [4.69, 9.17) is 0 Å². The van der Waals surface area contributed by atoms with E-state index in [1.165, 1.54) is 6.07 Å². The SMILES string of the molecule is Cc1ccc(C(=O)NCCNc2ccc(C(=O)Nc3ccccc3)nn2)cc1F. The van der Waals surface area contributed by atoms with Gasteiger partial charge in [0.2, 0.25) is 0 Å². The van der Waals surface area contributed by atoms with Crippen LogP contribution < -0.4 is 16.0 Å². The summed E-state index contributed by atoms with van der Waals surface area (Å²) in [5.74, 6) is -0.656. The van der Waals surface area contributed by atoms with E-state index in [0.717, 1.165) is 0 Å². The number of hydrogen-bond donors (Lipinski definition) is 3. The van der Waals surface area contributed by atoms with Crippen LogP contribution in [0.3, 0.4) is 0 Å². The predicted octanol–water partition coefficient (Wildman–Crippen LogP) is 3.02. The monoisotopic (exact) mass is 393 g/mol. The van der Waals surface area contributed by atoms with Gasteiger partial charge in [-0.2, -0.15) is 0 Å². The Morgan fingerprint density at radius 1 is 0.931 bits per heavy atom. The maximum Gasteiger partial charge on any atom is 0.276 e. The summed E-state index contributed by atoms with van der Waals surface area (Å²) in [5.41, 5.74) is 1.61. The Balaban J connectivity index is 1.44. The minimum atomic E-state index is -0.414. The van der Waals surface area contributed by atoms with Crippen LogP contribution in [0.15, 0.2) is 60.7 Å². The van der Waals surface area contributed by atoms with Crippen LogP contribution in [0.5, 0.6) is 0 Å². The van der Waals surface area contributed by atoms with E-state index in [2.05, 4.69) is 26.1 Å². The van der Waals surface area contributed by atoms with Crippen molar-refractivity contribution in [2.24, 2.45) is 0 Å². The molecular formula is C21H20FN5O2. The summed E-state index contributed by atoms with van der Waals surface area (Å²) >= 11 is 0. The summed E-state index contributed by atoms with van der Waals surface area (Å²) in [6, 6.07) is 16.6. The fourth-order valence-corrected chi connectivity index (χ4v) is 2.47. The molecule has 0 spiro atoms. The van der Waals surface area contributed by atoms with Crippen molar-refractivity contribution < 1.29 is 14.0 Å². The number of para-hydroxylation sites is 1. The molecule has 3 N–H and O–H groups in total. The quantitative estimate of drug-likeness (QED) is 0.536. The van der Waals surface area contributed by atoms with E-state index < -0.39 is 5.82 Å². The fourth-order valence-electron chi connectivity index (χ4n) is 2.47. The Bertz CT molecular complexity index is 994. The van der Waals surface area contributed by atoms with Crippen LogP contribution in [0.25, 0.3) is 0 Å². The van der Waals surface area contributed by atoms with E-state index in [9.17, 15) is 14.0 Å². The number of carbonyl (C=O) groups is 2. The lowest BCUT2D eigenvalue weighted by Gasteiger charge is -2.08. The number of anilines is 2. The molecule has 0 aliphatic heterocycles. The number of benzene rings is 2. The highest BCUT2D eigenvalue weighted by Crippen LogP contribution is 2.10. The van der Waals surface area contributed by atoms with Gasteiger partial charge in [0.05, 0.1) is 0 Å². The largest absolute Gasteiger partial charge is 0.367 e. The molecule has 0 bridgehead atoms. The topological polar surface area (TPSA) is 96.0 Å². The van der Waals surface area contributed by atoms with Gasteiger partial charge in [-0.1, -0.05) is 24.3 Å². The van der Waals surface area contributed by atoms with Gasteiger partial charge in [0.15, 0.2) is 5.69 Å². The van der Waals surface area contributed by atoms with Gasteiger partial charge in [0.25, 0.3) is 11.8 Å². The lowest BCUT2D eigenvalue weighted by Crippen LogP contribution is -2.29. The molecule has 0 saturated carbocycles. The Labute approximate surface area is 167 Å². The van der Waals surface area contributed by atoms with Gasteiger partial charge in [0.1, 0.15) is 11.6 Å². The summed E-state index contributed by atoms with van der Waals surface area (Å²) < 4.78 is 13.5. The highest BCUT2D eigenvalue weighted by atomic mass is 19.1. The van der Waals surface area contributed by atoms with Crippen LogP contribution in [-0.4, -0.2) is 35.1 Å². The number of nitrogens with zero attached hydrogens (tertiary/aromatic N) is 2. The van der Waals surface area contributed by atoms with Crippen molar-refractivity contribution in [2.45, 2.75) is 6.92 Å². The third-order valence-corrected chi connectivity index (χ3v) is 4.08. The first-order valence-corrected chi connectivity index (χ1v) is 9.01. The minimum Gasteiger partial charge on any atom is -0.367 e. The van der Waals surface area contributed by atoms with Gasteiger partial charge < -0.3 is 16.0 Å². The third-order valence-electron chi connectivity index (χ3n) is 4.08. The summed E-state index contributed by atoms with van der Waals surface area (Å²) in [6.07, 6.45) is 0.